The third kappa shape index (κ3) is 47.8. The van der Waals surface area contributed by atoms with Gasteiger partial charge in [0.05, 0.1) is 26.4 Å². The summed E-state index contributed by atoms with van der Waals surface area (Å²) in [7, 11) is -9.60. The van der Waals surface area contributed by atoms with Crippen LogP contribution < -0.4 is 0 Å². The van der Waals surface area contributed by atoms with Gasteiger partial charge in [0.25, 0.3) is 0 Å². The number of rotatable bonds is 45. The van der Waals surface area contributed by atoms with Crippen molar-refractivity contribution in [3.05, 3.63) is 109 Å². The Morgan fingerprint density at radius 2 is 0.706 bits per heavy atom. The average molecular weight is 999 g/mol. The zero-order valence-corrected chi connectivity index (χ0v) is 42.5. The molecule has 0 aromatic rings. The Hall–Kier alpha value is -3.30. The van der Waals surface area contributed by atoms with E-state index in [2.05, 4.69) is 123 Å². The van der Waals surface area contributed by atoms with Crippen LogP contribution in [0.15, 0.2) is 109 Å². The van der Waals surface area contributed by atoms with Crippen molar-refractivity contribution < 1.29 is 71.4 Å². The van der Waals surface area contributed by atoms with Crippen LogP contribution in [0.25, 0.3) is 0 Å². The first-order chi connectivity index (χ1) is 32.8. The molecule has 15 nitrogen and oxygen atoms in total. The Labute approximate surface area is 407 Å². The fourth-order valence-electron chi connectivity index (χ4n) is 5.57. The van der Waals surface area contributed by atoms with Gasteiger partial charge in [-0.3, -0.25) is 27.7 Å². The molecule has 0 aromatic carbocycles. The van der Waals surface area contributed by atoms with Crippen LogP contribution in [0.5, 0.6) is 0 Å². The van der Waals surface area contributed by atoms with Gasteiger partial charge in [0.15, 0.2) is 0 Å². The van der Waals surface area contributed by atoms with Gasteiger partial charge in [0, 0.05) is 12.8 Å². The van der Waals surface area contributed by atoms with Gasteiger partial charge in [-0.25, -0.2) is 9.13 Å². The smallest absolute Gasteiger partial charge is 0.463 e. The molecule has 5 unspecified atom stereocenters. The number of aliphatic hydroxyl groups is 3. The van der Waals surface area contributed by atoms with Crippen LogP contribution in [-0.2, 0) is 46.3 Å². The zero-order chi connectivity index (χ0) is 50.2. The highest BCUT2D eigenvalue weighted by Crippen LogP contribution is 2.45. The molecule has 0 aromatic heterocycles. The van der Waals surface area contributed by atoms with Crippen LogP contribution in [0.3, 0.4) is 0 Å². The summed E-state index contributed by atoms with van der Waals surface area (Å²) in [5.74, 6) is -1.06. The molecule has 0 saturated carbocycles. The minimum Gasteiger partial charge on any atom is -0.463 e. The van der Waals surface area contributed by atoms with E-state index in [0.717, 1.165) is 103 Å². The Morgan fingerprint density at radius 1 is 0.397 bits per heavy atom. The highest BCUT2D eigenvalue weighted by molar-refractivity contribution is 7.47. The molecule has 0 radical (unpaired) electrons. The number of aliphatic hydroxyl groups excluding tert-OH is 3. The standard InChI is InChI=1S/C51H84O15P2/c1-3-5-7-9-11-13-15-17-19-20-21-22-23-24-26-28-30-32-34-36-38-40-51(56)62-42-48(53)44-64-68(59,60)66-46-49(54)45-65-67(57,58)63-43-47(52)41-61-50(55)39-37-35-33-31-29-27-25-18-16-14-12-10-8-6-4-2/h5-8,10-14,16-17,19,21-22,24,26,30,32,47-49,52-54H,3-4,9,15,18,20,23,25,27-29,31,33-46H2,1-2H3,(H,57,58)(H,59,60)/b7-5-,8-6+,12-10+,13-11-,16-14+,19-17-,22-21-,26-24-,32-30-. The van der Waals surface area contributed by atoms with Crippen LogP contribution >= 0.6 is 15.6 Å². The molecule has 5 atom stereocenters. The van der Waals surface area contributed by atoms with Gasteiger partial charge in [-0.1, -0.05) is 155 Å². The number of carbonyl (C=O) groups excluding carboxylic acids is 2. The lowest BCUT2D eigenvalue weighted by Gasteiger charge is -2.19. The first-order valence-electron chi connectivity index (χ1n) is 24.3. The molecule has 68 heavy (non-hydrogen) atoms. The molecular formula is C51H84O15P2. The topological polar surface area (TPSA) is 225 Å². The molecular weight excluding hydrogens is 914 g/mol. The number of carbonyl (C=O) groups is 2. The van der Waals surface area contributed by atoms with E-state index < -0.39 is 85.5 Å². The minimum atomic E-state index is -4.81. The lowest BCUT2D eigenvalue weighted by Crippen LogP contribution is -2.25. The van der Waals surface area contributed by atoms with Crippen LogP contribution in [0, 0.1) is 0 Å². The average Bonchev–Trinajstić information content (AvgIpc) is 3.31. The number of hydrogen-bond acceptors (Lipinski definition) is 13. The van der Waals surface area contributed by atoms with Crippen molar-refractivity contribution in [3.63, 3.8) is 0 Å². The summed E-state index contributed by atoms with van der Waals surface area (Å²) < 4.78 is 53.0. The molecule has 0 fully saturated rings. The van der Waals surface area contributed by atoms with Gasteiger partial charge < -0.3 is 34.6 Å². The predicted octanol–water partition coefficient (Wildman–Crippen LogP) is 11.3. The molecule has 0 spiro atoms. The maximum atomic E-state index is 12.2. The highest BCUT2D eigenvalue weighted by Gasteiger charge is 2.28. The van der Waals surface area contributed by atoms with Crippen LogP contribution in [-0.4, -0.2) is 95.0 Å². The number of phosphoric ester groups is 2. The van der Waals surface area contributed by atoms with Crippen molar-refractivity contribution in [3.8, 4) is 0 Å². The SMILES string of the molecule is CC/C=C\C/C=C\C/C=C\C/C=C\C/C=C\C/C=C\CCCCC(=O)OCC(O)COP(=O)(O)OCC(O)COP(=O)(O)OCC(O)COC(=O)CCCCCCCCC/C=C/C=C/C=C/CC. The second-order valence-electron chi connectivity index (χ2n) is 15.8. The maximum Gasteiger partial charge on any atom is 0.472 e. The monoisotopic (exact) mass is 999 g/mol. The van der Waals surface area contributed by atoms with Crippen LogP contribution in [0.1, 0.15) is 142 Å². The molecule has 0 saturated heterocycles. The number of phosphoric acid groups is 2. The lowest BCUT2D eigenvalue weighted by atomic mass is 10.1. The third-order valence-electron chi connectivity index (χ3n) is 9.28. The molecule has 388 valence electrons. The van der Waals surface area contributed by atoms with Crippen LogP contribution in [0.4, 0.5) is 0 Å². The summed E-state index contributed by atoms with van der Waals surface area (Å²) in [6, 6.07) is 0. The molecule has 0 aliphatic carbocycles. The van der Waals surface area contributed by atoms with Gasteiger partial charge in [0.2, 0.25) is 0 Å². The van der Waals surface area contributed by atoms with E-state index in [1.807, 2.05) is 18.2 Å². The van der Waals surface area contributed by atoms with E-state index in [1.54, 1.807) is 0 Å². The summed E-state index contributed by atoms with van der Waals surface area (Å²) in [6.45, 7) is 0.0771. The summed E-state index contributed by atoms with van der Waals surface area (Å²) >= 11 is 0. The van der Waals surface area contributed by atoms with Crippen molar-refractivity contribution in [2.24, 2.45) is 0 Å². The van der Waals surface area contributed by atoms with Gasteiger partial charge in [-0.2, -0.15) is 0 Å². The number of unbranched alkanes of at least 4 members (excludes halogenated alkanes) is 9. The first kappa shape index (κ1) is 64.7. The van der Waals surface area contributed by atoms with Gasteiger partial charge in [0.1, 0.15) is 31.5 Å². The zero-order valence-electron chi connectivity index (χ0n) is 40.7. The van der Waals surface area contributed by atoms with Crippen molar-refractivity contribution in [2.75, 3.05) is 39.6 Å². The maximum absolute atomic E-state index is 12.2. The second-order valence-corrected chi connectivity index (χ2v) is 18.7. The van der Waals surface area contributed by atoms with Gasteiger partial charge in [-0.15, -0.1) is 0 Å². The fraction of sp³-hybridized carbons (Fsp3) is 0.608. The third-order valence-corrected chi connectivity index (χ3v) is 11.2. The van der Waals surface area contributed by atoms with Crippen molar-refractivity contribution in [2.45, 2.75) is 161 Å². The van der Waals surface area contributed by atoms with E-state index in [9.17, 15) is 43.8 Å². The van der Waals surface area contributed by atoms with Crippen LogP contribution in [0.2, 0.25) is 0 Å². The number of esters is 2. The van der Waals surface area contributed by atoms with Crippen molar-refractivity contribution >= 4 is 27.6 Å². The molecule has 0 aliphatic heterocycles. The van der Waals surface area contributed by atoms with E-state index in [1.165, 1.54) is 0 Å². The Balaban J connectivity index is 3.96. The molecule has 5 N–H and O–H groups in total. The first-order valence-corrected chi connectivity index (χ1v) is 27.3. The van der Waals surface area contributed by atoms with E-state index >= 15 is 0 Å². The van der Waals surface area contributed by atoms with Crippen molar-refractivity contribution in [1.29, 1.82) is 0 Å². The predicted molar refractivity (Wildman–Crippen MR) is 269 cm³/mol. The Kier molecular flexibility index (Phi) is 43.9. The Morgan fingerprint density at radius 3 is 1.13 bits per heavy atom. The second kappa shape index (κ2) is 46.1. The minimum absolute atomic E-state index is 0.135. The van der Waals surface area contributed by atoms with Crippen molar-refractivity contribution in [1.82, 2.24) is 0 Å². The summed E-state index contributed by atoms with van der Waals surface area (Å²) in [4.78, 5) is 43.8. The number of allylic oxidation sites excluding steroid dienone is 18. The molecule has 0 amide bonds. The van der Waals surface area contributed by atoms with E-state index in [0.29, 0.717) is 12.8 Å². The molecule has 0 rings (SSSR count). The fourth-order valence-corrected chi connectivity index (χ4v) is 7.16. The molecule has 0 heterocycles. The van der Waals surface area contributed by atoms with Gasteiger partial charge in [-0.05, 0) is 83.5 Å². The summed E-state index contributed by atoms with van der Waals surface area (Å²) in [6.07, 6.45) is 50.8. The summed E-state index contributed by atoms with van der Waals surface area (Å²) in [5.41, 5.74) is 0. The number of ether oxygens (including phenoxy) is 2. The largest absolute Gasteiger partial charge is 0.472 e. The van der Waals surface area contributed by atoms with E-state index in [-0.39, 0.29) is 12.8 Å². The molecule has 0 bridgehead atoms. The lowest BCUT2D eigenvalue weighted by molar-refractivity contribution is -0.148. The molecule has 0 aliphatic rings. The van der Waals surface area contributed by atoms with Gasteiger partial charge >= 0.3 is 27.6 Å². The van der Waals surface area contributed by atoms with E-state index in [4.69, 9.17) is 9.47 Å². The highest BCUT2D eigenvalue weighted by atomic mass is 31.2. The normalized spacial score (nSPS) is 15.9. The summed E-state index contributed by atoms with van der Waals surface area (Å²) in [5, 5.41) is 30.0. The number of hydrogen-bond donors (Lipinski definition) is 5. The Bertz CT molecular complexity index is 1630. The molecule has 17 heteroatoms. The quantitative estimate of drug-likeness (QED) is 0.0126.